The predicted octanol–water partition coefficient (Wildman–Crippen LogP) is 5.33. The van der Waals surface area contributed by atoms with Crippen molar-refractivity contribution in [2.45, 2.75) is 39.2 Å². The van der Waals surface area contributed by atoms with Crippen LogP contribution in [0.25, 0.3) is 11.1 Å². The summed E-state index contributed by atoms with van der Waals surface area (Å²) >= 11 is 0. The summed E-state index contributed by atoms with van der Waals surface area (Å²) in [5, 5.41) is 4.29. The summed E-state index contributed by atoms with van der Waals surface area (Å²) in [6.07, 6.45) is 1.34. The molecule has 0 N–H and O–H groups in total. The van der Waals surface area contributed by atoms with Crippen LogP contribution >= 0.6 is 0 Å². The molecule has 0 amide bonds. The summed E-state index contributed by atoms with van der Waals surface area (Å²) < 4.78 is 5.18. The lowest BCUT2D eigenvalue weighted by molar-refractivity contribution is -0.453. The van der Waals surface area contributed by atoms with Gasteiger partial charge in [0.25, 0.3) is 0 Å². The third-order valence-corrected chi connectivity index (χ3v) is 5.25. The Morgan fingerprint density at radius 2 is 1.50 bits per heavy atom. The molecule has 6 heteroatoms. The summed E-state index contributed by atoms with van der Waals surface area (Å²) in [6.45, 7) is 4.32. The van der Waals surface area contributed by atoms with Crippen molar-refractivity contribution in [3.63, 3.8) is 0 Å². The van der Waals surface area contributed by atoms with E-state index in [0.29, 0.717) is 11.8 Å². The van der Waals surface area contributed by atoms with E-state index in [-0.39, 0.29) is 11.7 Å². The van der Waals surface area contributed by atoms with E-state index in [1.54, 1.807) is 24.3 Å². The van der Waals surface area contributed by atoms with Crippen LogP contribution in [0.2, 0.25) is 0 Å². The van der Waals surface area contributed by atoms with Gasteiger partial charge < -0.3 is 4.74 Å². The predicted molar refractivity (Wildman–Crippen MR) is 102 cm³/mol. The molecule has 1 aliphatic rings. The first-order valence-electron chi connectivity index (χ1n) is 9.44. The van der Waals surface area contributed by atoms with Gasteiger partial charge in [-0.05, 0) is 54.4 Å². The van der Waals surface area contributed by atoms with E-state index < -0.39 is 12.1 Å². The maximum absolute atomic E-state index is 12.0. The fourth-order valence-corrected chi connectivity index (χ4v) is 3.31. The second kappa shape index (κ2) is 9.37. The zero-order valence-electron chi connectivity index (χ0n) is 16.0. The van der Waals surface area contributed by atoms with Crippen molar-refractivity contribution in [2.75, 3.05) is 0 Å². The van der Waals surface area contributed by atoms with Gasteiger partial charge in [0.15, 0.2) is 0 Å². The molecule has 1 saturated carbocycles. The summed E-state index contributed by atoms with van der Waals surface area (Å²) in [4.78, 5) is 32.5. The third kappa shape index (κ3) is 5.33. The fraction of sp³-hybridized carbons (Fsp3) is 0.364. The van der Waals surface area contributed by atoms with Crippen molar-refractivity contribution in [3.05, 3.63) is 60.2 Å². The Bertz CT molecular complexity index is 786. The highest BCUT2D eigenvalue weighted by molar-refractivity contribution is 5.89. The second-order valence-electron chi connectivity index (χ2n) is 7.22. The van der Waals surface area contributed by atoms with Crippen LogP contribution in [0.4, 0.5) is 4.79 Å². The molecule has 148 valence electrons. The average Bonchev–Trinajstić information content (AvgIpc) is 2.71. The average molecular weight is 384 g/mol. The number of hydrogen-bond donors (Lipinski definition) is 0. The Balaban J connectivity index is 1.42. The van der Waals surface area contributed by atoms with Gasteiger partial charge in [0.2, 0.25) is 0 Å². The molecular formula is C22H24O6. The summed E-state index contributed by atoms with van der Waals surface area (Å²) in [6, 6.07) is 16.6. The lowest BCUT2D eigenvalue weighted by Crippen LogP contribution is -2.29. The molecule has 0 aliphatic heterocycles. The summed E-state index contributed by atoms with van der Waals surface area (Å²) in [5.41, 5.74) is 2.27. The standard InChI is InChI=1S/C22H24O6/c1-15-8-13-20(14-16(15)2)25-22(24)27-28-26-21(23)19-11-9-18(10-12-19)17-6-4-3-5-7-17/h3-7,9-12,15-16,20H,8,13-14H2,1-2H3. The number of benzene rings is 2. The highest BCUT2D eigenvalue weighted by atomic mass is 17.5. The van der Waals surface area contributed by atoms with Crippen LogP contribution in [0, 0.1) is 11.8 Å². The van der Waals surface area contributed by atoms with Gasteiger partial charge in [-0.25, -0.2) is 14.5 Å². The minimum atomic E-state index is -1.01. The monoisotopic (exact) mass is 384 g/mol. The van der Waals surface area contributed by atoms with E-state index in [0.717, 1.165) is 30.4 Å². The highest BCUT2D eigenvalue weighted by Gasteiger charge is 2.28. The van der Waals surface area contributed by atoms with E-state index in [2.05, 4.69) is 28.7 Å². The molecule has 3 atom stereocenters. The molecule has 0 bridgehead atoms. The molecule has 6 nitrogen and oxygen atoms in total. The fourth-order valence-electron chi connectivity index (χ4n) is 3.31. The number of ether oxygens (including phenoxy) is 1. The van der Waals surface area contributed by atoms with E-state index >= 15 is 0 Å². The minimum Gasteiger partial charge on any atom is -0.429 e. The van der Waals surface area contributed by atoms with Gasteiger partial charge in [-0.3, -0.25) is 4.89 Å². The molecule has 0 radical (unpaired) electrons. The zero-order valence-corrected chi connectivity index (χ0v) is 16.0. The maximum atomic E-state index is 12.0. The summed E-state index contributed by atoms with van der Waals surface area (Å²) in [5.74, 6) is 0.318. The molecule has 2 aromatic carbocycles. The van der Waals surface area contributed by atoms with Crippen molar-refractivity contribution >= 4 is 12.1 Å². The Kier molecular flexibility index (Phi) is 6.66. The molecule has 2 aromatic rings. The van der Waals surface area contributed by atoms with E-state index in [4.69, 9.17) is 4.74 Å². The van der Waals surface area contributed by atoms with E-state index in [1.807, 2.05) is 30.3 Å². The number of carbonyl (C=O) groups is 2. The third-order valence-electron chi connectivity index (χ3n) is 5.25. The molecule has 0 saturated heterocycles. The first-order valence-corrected chi connectivity index (χ1v) is 9.44. The van der Waals surface area contributed by atoms with Crippen LogP contribution < -0.4 is 0 Å². The lowest BCUT2D eigenvalue weighted by atomic mass is 9.80. The van der Waals surface area contributed by atoms with Crippen LogP contribution in [0.5, 0.6) is 0 Å². The van der Waals surface area contributed by atoms with Gasteiger partial charge >= 0.3 is 12.1 Å². The van der Waals surface area contributed by atoms with Gasteiger partial charge in [-0.15, -0.1) is 0 Å². The zero-order chi connectivity index (χ0) is 19.9. The van der Waals surface area contributed by atoms with Crippen molar-refractivity contribution < 1.29 is 29.1 Å². The minimum absolute atomic E-state index is 0.205. The van der Waals surface area contributed by atoms with Gasteiger partial charge in [0.1, 0.15) is 6.10 Å². The first-order chi connectivity index (χ1) is 13.5. The number of rotatable bonds is 5. The van der Waals surface area contributed by atoms with Crippen LogP contribution in [0.3, 0.4) is 0 Å². The van der Waals surface area contributed by atoms with Crippen molar-refractivity contribution in [1.29, 1.82) is 0 Å². The van der Waals surface area contributed by atoms with Crippen LogP contribution in [-0.4, -0.2) is 18.2 Å². The Hall–Kier alpha value is -2.86. The number of carbonyl (C=O) groups excluding carboxylic acids is 2. The first kappa shape index (κ1) is 19.9. The molecule has 3 rings (SSSR count). The second-order valence-corrected chi connectivity index (χ2v) is 7.22. The molecule has 1 fully saturated rings. The van der Waals surface area contributed by atoms with E-state index in [1.165, 1.54) is 0 Å². The normalized spacial score (nSPS) is 21.6. The van der Waals surface area contributed by atoms with Crippen molar-refractivity contribution in [3.8, 4) is 11.1 Å². The molecule has 3 unspecified atom stereocenters. The SMILES string of the molecule is CC1CCC(OC(=O)OOOC(=O)c2ccc(-c3ccccc3)cc2)CC1C. The van der Waals surface area contributed by atoms with Crippen molar-refractivity contribution in [1.82, 2.24) is 0 Å². The highest BCUT2D eigenvalue weighted by Crippen LogP contribution is 2.31. The van der Waals surface area contributed by atoms with Gasteiger partial charge in [0.05, 0.1) is 10.6 Å². The van der Waals surface area contributed by atoms with E-state index in [9.17, 15) is 9.59 Å². The molecule has 1 aliphatic carbocycles. The quantitative estimate of drug-likeness (QED) is 0.394. The molecule has 0 heterocycles. The van der Waals surface area contributed by atoms with Gasteiger partial charge in [-0.1, -0.05) is 56.3 Å². The van der Waals surface area contributed by atoms with Crippen LogP contribution in [-0.2, 0) is 19.6 Å². The topological polar surface area (TPSA) is 71.1 Å². The molecule has 0 spiro atoms. The molecule has 0 aromatic heterocycles. The Labute approximate surface area is 164 Å². The Morgan fingerprint density at radius 3 is 2.18 bits per heavy atom. The van der Waals surface area contributed by atoms with Crippen LogP contribution in [0.1, 0.15) is 43.5 Å². The van der Waals surface area contributed by atoms with Crippen LogP contribution in [0.15, 0.2) is 54.6 Å². The maximum Gasteiger partial charge on any atom is 0.543 e. The lowest BCUT2D eigenvalue weighted by Gasteiger charge is -2.30. The van der Waals surface area contributed by atoms with Crippen molar-refractivity contribution in [2.24, 2.45) is 11.8 Å². The smallest absolute Gasteiger partial charge is 0.429 e. The van der Waals surface area contributed by atoms with Gasteiger partial charge in [-0.2, -0.15) is 0 Å². The Morgan fingerprint density at radius 1 is 0.821 bits per heavy atom. The summed E-state index contributed by atoms with van der Waals surface area (Å²) in [7, 11) is 0. The van der Waals surface area contributed by atoms with Gasteiger partial charge in [0, 0.05) is 0 Å². The molecule has 28 heavy (non-hydrogen) atoms. The molecular weight excluding hydrogens is 360 g/mol. The largest absolute Gasteiger partial charge is 0.543 e. The number of hydrogen-bond acceptors (Lipinski definition) is 6.